The number of nitrogens with two attached hydrogens (primary N) is 1. The minimum absolute atomic E-state index is 0.618. The molecule has 0 radical (unpaired) electrons. The van der Waals surface area contributed by atoms with Gasteiger partial charge in [-0.1, -0.05) is 0 Å². The van der Waals surface area contributed by atoms with Gasteiger partial charge in [0.05, 0.1) is 11.4 Å². The summed E-state index contributed by atoms with van der Waals surface area (Å²) < 4.78 is 1.74. The number of hydrogen-bond donors (Lipinski definition) is 1. The maximum Gasteiger partial charge on any atom is 0.157 e. The molecule has 0 amide bonds. The lowest BCUT2D eigenvalue weighted by atomic mass is 10.3. The molecule has 90 valence electrons. The van der Waals surface area contributed by atoms with Crippen LogP contribution in [0.4, 0.5) is 5.69 Å². The van der Waals surface area contributed by atoms with E-state index in [9.17, 15) is 0 Å². The molecule has 3 aromatic heterocycles. The van der Waals surface area contributed by atoms with E-state index in [0.29, 0.717) is 17.0 Å². The number of nitrogens with zero attached hydrogens (tertiary/aromatic N) is 5. The lowest BCUT2D eigenvalue weighted by molar-refractivity contribution is 0.813. The minimum atomic E-state index is 0.618. The second-order valence-electron chi connectivity index (χ2n) is 4.06. The molecule has 0 aliphatic rings. The molecular weight excluding hydrogens is 228 g/mol. The molecule has 0 saturated carbocycles. The number of hydrogen-bond acceptors (Lipinski definition) is 5. The van der Waals surface area contributed by atoms with E-state index in [2.05, 4.69) is 20.1 Å². The van der Waals surface area contributed by atoms with Crippen LogP contribution < -0.4 is 5.73 Å². The molecule has 6 nitrogen and oxygen atoms in total. The lowest BCUT2D eigenvalue weighted by Crippen LogP contribution is -2.03. The zero-order valence-electron chi connectivity index (χ0n) is 10.1. The highest BCUT2D eigenvalue weighted by Gasteiger charge is 2.12. The summed E-state index contributed by atoms with van der Waals surface area (Å²) in [6, 6.07) is 3.55. The highest BCUT2D eigenvalue weighted by Crippen LogP contribution is 2.22. The monoisotopic (exact) mass is 240 g/mol. The number of fused-ring (bicyclic) bond motifs is 1. The Morgan fingerprint density at radius 3 is 2.56 bits per heavy atom. The van der Waals surface area contributed by atoms with Crippen molar-refractivity contribution in [1.82, 2.24) is 24.7 Å². The highest BCUT2D eigenvalue weighted by molar-refractivity contribution is 5.88. The fourth-order valence-electron chi connectivity index (χ4n) is 1.90. The number of rotatable bonds is 1. The molecule has 0 bridgehead atoms. The molecule has 0 fully saturated rings. The summed E-state index contributed by atoms with van der Waals surface area (Å²) >= 11 is 0. The van der Waals surface area contributed by atoms with Gasteiger partial charge in [-0.2, -0.15) is 5.10 Å². The van der Waals surface area contributed by atoms with Gasteiger partial charge in [0.15, 0.2) is 5.82 Å². The number of nitrogen functional groups attached to an aromatic ring is 1. The predicted octanol–water partition coefficient (Wildman–Crippen LogP) is 1.41. The average Bonchev–Trinajstić information content (AvgIpc) is 2.69. The Labute approximate surface area is 104 Å². The van der Waals surface area contributed by atoms with Gasteiger partial charge in [-0.25, -0.2) is 14.6 Å². The van der Waals surface area contributed by atoms with Crippen molar-refractivity contribution in [3.63, 3.8) is 0 Å². The van der Waals surface area contributed by atoms with Crippen LogP contribution >= 0.6 is 0 Å². The molecule has 2 N–H and O–H groups in total. The van der Waals surface area contributed by atoms with Crippen LogP contribution in [0.1, 0.15) is 11.5 Å². The van der Waals surface area contributed by atoms with Gasteiger partial charge in [0.1, 0.15) is 16.9 Å². The van der Waals surface area contributed by atoms with Crippen LogP contribution in [0.5, 0.6) is 0 Å². The Hall–Kier alpha value is -2.50. The summed E-state index contributed by atoms with van der Waals surface area (Å²) in [4.78, 5) is 12.7. The Kier molecular flexibility index (Phi) is 2.22. The van der Waals surface area contributed by atoms with E-state index in [1.54, 1.807) is 23.1 Å². The summed E-state index contributed by atoms with van der Waals surface area (Å²) in [5, 5.41) is 4.46. The predicted molar refractivity (Wildman–Crippen MR) is 68.3 cm³/mol. The third-order valence-electron chi connectivity index (χ3n) is 2.79. The third kappa shape index (κ3) is 1.50. The Balaban J connectivity index is 2.30. The molecule has 6 heteroatoms. The topological polar surface area (TPSA) is 82.5 Å². The molecule has 18 heavy (non-hydrogen) atoms. The molecule has 3 aromatic rings. The van der Waals surface area contributed by atoms with Crippen molar-refractivity contribution >= 4 is 16.7 Å². The second-order valence-corrected chi connectivity index (χ2v) is 4.06. The molecule has 3 rings (SSSR count). The summed E-state index contributed by atoms with van der Waals surface area (Å²) in [6.45, 7) is 3.79. The van der Waals surface area contributed by atoms with Crippen LogP contribution in [0.2, 0.25) is 0 Å². The van der Waals surface area contributed by atoms with E-state index in [1.165, 1.54) is 0 Å². The normalized spacial score (nSPS) is 11.0. The molecule has 0 atom stereocenters. The molecule has 0 aliphatic heterocycles. The Morgan fingerprint density at radius 2 is 1.83 bits per heavy atom. The maximum atomic E-state index is 5.90. The van der Waals surface area contributed by atoms with Crippen LogP contribution in [-0.4, -0.2) is 24.7 Å². The summed E-state index contributed by atoms with van der Waals surface area (Å²) in [6.07, 6.45) is 3.39. The van der Waals surface area contributed by atoms with Crippen molar-refractivity contribution in [2.45, 2.75) is 13.8 Å². The molecule has 0 saturated heterocycles. The first-order valence-corrected chi connectivity index (χ1v) is 5.56. The van der Waals surface area contributed by atoms with Gasteiger partial charge in [-0.3, -0.25) is 4.98 Å². The van der Waals surface area contributed by atoms with Gasteiger partial charge < -0.3 is 5.73 Å². The average molecular weight is 240 g/mol. The Morgan fingerprint density at radius 1 is 1.06 bits per heavy atom. The van der Waals surface area contributed by atoms with Gasteiger partial charge in [0.2, 0.25) is 0 Å². The van der Waals surface area contributed by atoms with Crippen LogP contribution in [0.3, 0.4) is 0 Å². The van der Waals surface area contributed by atoms with E-state index in [0.717, 1.165) is 17.0 Å². The fourth-order valence-corrected chi connectivity index (χ4v) is 1.90. The van der Waals surface area contributed by atoms with Crippen LogP contribution in [-0.2, 0) is 0 Å². The van der Waals surface area contributed by atoms with Crippen molar-refractivity contribution in [3.8, 4) is 5.82 Å². The second kappa shape index (κ2) is 3.76. The number of anilines is 1. The summed E-state index contributed by atoms with van der Waals surface area (Å²) in [7, 11) is 0. The van der Waals surface area contributed by atoms with E-state index in [1.807, 2.05) is 19.9 Å². The van der Waals surface area contributed by atoms with Crippen molar-refractivity contribution in [1.29, 1.82) is 0 Å². The van der Waals surface area contributed by atoms with Crippen LogP contribution in [0.25, 0.3) is 16.9 Å². The maximum absolute atomic E-state index is 5.90. The van der Waals surface area contributed by atoms with Gasteiger partial charge in [-0.05, 0) is 19.9 Å². The van der Waals surface area contributed by atoms with Gasteiger partial charge in [-0.15, -0.1) is 0 Å². The third-order valence-corrected chi connectivity index (χ3v) is 2.79. The van der Waals surface area contributed by atoms with E-state index >= 15 is 0 Å². The van der Waals surface area contributed by atoms with Crippen molar-refractivity contribution in [2.24, 2.45) is 0 Å². The quantitative estimate of drug-likeness (QED) is 0.695. The molecule has 0 spiro atoms. The Bertz CT molecular complexity index is 731. The lowest BCUT2D eigenvalue weighted by Gasteiger charge is -2.02. The van der Waals surface area contributed by atoms with Gasteiger partial charge in [0, 0.05) is 18.5 Å². The van der Waals surface area contributed by atoms with Crippen molar-refractivity contribution in [3.05, 3.63) is 36.0 Å². The zero-order valence-corrected chi connectivity index (χ0v) is 10.1. The van der Waals surface area contributed by atoms with Gasteiger partial charge in [0.25, 0.3) is 0 Å². The first kappa shape index (κ1) is 10.6. The smallest absolute Gasteiger partial charge is 0.157 e. The molecule has 0 unspecified atom stereocenters. The summed E-state index contributed by atoms with van der Waals surface area (Å²) in [5.41, 5.74) is 8.93. The van der Waals surface area contributed by atoms with Crippen molar-refractivity contribution < 1.29 is 0 Å². The summed E-state index contributed by atoms with van der Waals surface area (Å²) in [5.74, 6) is 1.42. The first-order valence-electron chi connectivity index (χ1n) is 5.56. The number of aryl methyl sites for hydroxylation is 2. The van der Waals surface area contributed by atoms with E-state index in [-0.39, 0.29) is 0 Å². The number of aromatic nitrogens is 5. The molecule has 0 aromatic carbocycles. The number of pyridine rings is 1. The first-order chi connectivity index (χ1) is 8.66. The minimum Gasteiger partial charge on any atom is -0.397 e. The fraction of sp³-hybridized carbons (Fsp3) is 0.167. The SMILES string of the molecule is Cc1nccc(-n2nc3c(N)ccnc3c2C)n1. The largest absolute Gasteiger partial charge is 0.397 e. The highest BCUT2D eigenvalue weighted by atomic mass is 15.3. The van der Waals surface area contributed by atoms with Crippen molar-refractivity contribution in [2.75, 3.05) is 5.73 Å². The van der Waals surface area contributed by atoms with Crippen LogP contribution in [0, 0.1) is 13.8 Å². The molecular formula is C12H12N6. The molecule has 0 aliphatic carbocycles. The molecule has 3 heterocycles. The zero-order chi connectivity index (χ0) is 12.7. The van der Waals surface area contributed by atoms with E-state index in [4.69, 9.17) is 5.73 Å². The standard InChI is InChI=1S/C12H12N6/c1-7-11-12(9(13)3-5-15-11)17-18(7)10-4-6-14-8(2)16-10/h3-6H,13H2,1-2H3. The van der Waals surface area contributed by atoms with E-state index < -0.39 is 0 Å². The van der Waals surface area contributed by atoms with Gasteiger partial charge >= 0.3 is 0 Å². The van der Waals surface area contributed by atoms with Crippen LogP contribution in [0.15, 0.2) is 24.5 Å².